The van der Waals surface area contributed by atoms with Crippen LogP contribution in [-0.4, -0.2) is 33.1 Å². The summed E-state index contributed by atoms with van der Waals surface area (Å²) >= 11 is 4.54. The van der Waals surface area contributed by atoms with Crippen LogP contribution >= 0.6 is 27.7 Å². The van der Waals surface area contributed by atoms with Gasteiger partial charge in [-0.1, -0.05) is 22.0 Å². The number of carbonyl (C=O) groups excluding carboxylic acids is 1. The van der Waals surface area contributed by atoms with Crippen molar-refractivity contribution in [3.63, 3.8) is 0 Å². The fraction of sp³-hybridized carbons (Fsp3) is 0.0588. The van der Waals surface area contributed by atoms with Crippen LogP contribution in [-0.2, 0) is 4.79 Å². The van der Waals surface area contributed by atoms with E-state index in [-0.39, 0.29) is 5.91 Å². The summed E-state index contributed by atoms with van der Waals surface area (Å²) < 4.78 is 0.930. The van der Waals surface area contributed by atoms with Crippen molar-refractivity contribution in [3.8, 4) is 5.75 Å². The number of halogens is 1. The first-order valence-corrected chi connectivity index (χ1v) is 8.95. The zero-order chi connectivity index (χ0) is 18.8. The van der Waals surface area contributed by atoms with Gasteiger partial charge in [0.25, 0.3) is 5.91 Å². The van der Waals surface area contributed by atoms with Crippen molar-refractivity contribution in [2.24, 2.45) is 4.99 Å². The molecule has 26 heavy (non-hydrogen) atoms. The minimum atomic E-state index is -0.673. The first-order chi connectivity index (χ1) is 12.3. The third-order valence-electron chi connectivity index (χ3n) is 3.55. The molecule has 0 spiro atoms. The predicted octanol–water partition coefficient (Wildman–Crippen LogP) is 4.30. The lowest BCUT2D eigenvalue weighted by Gasteiger charge is -2.07. The molecule has 2 aromatic carbocycles. The molecule has 1 N–H and O–H groups in total. The van der Waals surface area contributed by atoms with E-state index in [1.165, 1.54) is 34.9 Å². The summed E-state index contributed by atoms with van der Waals surface area (Å²) in [5.41, 5.74) is 0.743. The van der Waals surface area contributed by atoms with Crippen LogP contribution in [0.15, 0.2) is 56.8 Å². The van der Waals surface area contributed by atoms with Crippen LogP contribution in [0.2, 0.25) is 0 Å². The molecule has 0 atom stereocenters. The lowest BCUT2D eigenvalue weighted by Crippen LogP contribution is -2.23. The Bertz CT molecular complexity index is 957. The maximum absolute atomic E-state index is 12.4. The van der Waals surface area contributed by atoms with Crippen molar-refractivity contribution < 1.29 is 14.8 Å². The second-order valence-corrected chi connectivity index (χ2v) is 7.28. The van der Waals surface area contributed by atoms with Crippen LogP contribution in [0.1, 0.15) is 5.56 Å². The van der Waals surface area contributed by atoms with E-state index in [1.807, 2.05) is 24.3 Å². The molecule has 1 aliphatic heterocycles. The first-order valence-electron chi connectivity index (χ1n) is 7.34. The molecule has 132 valence electrons. The van der Waals surface area contributed by atoms with Gasteiger partial charge in [-0.3, -0.25) is 19.8 Å². The van der Waals surface area contributed by atoms with E-state index < -0.39 is 16.4 Å². The number of carbonyl (C=O) groups is 1. The van der Waals surface area contributed by atoms with Gasteiger partial charge in [0.1, 0.15) is 0 Å². The number of amidine groups is 1. The molecule has 1 saturated heterocycles. The minimum Gasteiger partial charge on any atom is -0.502 e. The number of phenolic OH excluding ortho intramolecular Hbond substituents is 1. The normalized spacial score (nSPS) is 17.3. The van der Waals surface area contributed by atoms with Gasteiger partial charge < -0.3 is 5.11 Å². The average Bonchev–Trinajstić information content (AvgIpc) is 2.86. The number of nitro benzene ring substituents is 1. The Morgan fingerprint density at radius 1 is 1.27 bits per heavy atom. The SMILES string of the molecule is CN1C(=O)/C(=C/c2ccc(O)c([N+](=O)[O-])c2)SC1=Nc1ccc(Br)cc1. The highest BCUT2D eigenvalue weighted by Gasteiger charge is 2.30. The van der Waals surface area contributed by atoms with Gasteiger partial charge in [0.05, 0.1) is 15.5 Å². The van der Waals surface area contributed by atoms with Crippen LogP contribution in [0.5, 0.6) is 5.75 Å². The van der Waals surface area contributed by atoms with Gasteiger partial charge in [-0.15, -0.1) is 0 Å². The van der Waals surface area contributed by atoms with Crippen molar-refractivity contribution in [2.75, 3.05) is 7.05 Å². The second kappa shape index (κ2) is 7.30. The van der Waals surface area contributed by atoms with Crippen LogP contribution in [0.25, 0.3) is 6.08 Å². The molecule has 1 heterocycles. The van der Waals surface area contributed by atoms with Gasteiger partial charge in [0.15, 0.2) is 10.9 Å². The topological polar surface area (TPSA) is 96.0 Å². The lowest BCUT2D eigenvalue weighted by atomic mass is 10.1. The number of thioether (sulfide) groups is 1. The van der Waals surface area contributed by atoms with E-state index in [0.29, 0.717) is 21.3 Å². The molecular formula is C17H12BrN3O4S. The lowest BCUT2D eigenvalue weighted by molar-refractivity contribution is -0.385. The molecule has 1 aliphatic rings. The number of aliphatic imine (C=N–C) groups is 1. The minimum absolute atomic E-state index is 0.249. The third kappa shape index (κ3) is 3.78. The van der Waals surface area contributed by atoms with Gasteiger partial charge >= 0.3 is 5.69 Å². The smallest absolute Gasteiger partial charge is 0.311 e. The quantitative estimate of drug-likeness (QED) is 0.442. The maximum atomic E-state index is 12.4. The molecule has 1 amide bonds. The summed E-state index contributed by atoms with van der Waals surface area (Å²) in [5, 5.41) is 21.0. The molecule has 0 radical (unpaired) electrons. The fourth-order valence-corrected chi connectivity index (χ4v) is 3.46. The molecule has 9 heteroatoms. The van der Waals surface area contributed by atoms with Crippen molar-refractivity contribution in [2.45, 2.75) is 0 Å². The summed E-state index contributed by atoms with van der Waals surface area (Å²) in [6.07, 6.45) is 1.54. The molecule has 1 fully saturated rings. The monoisotopic (exact) mass is 433 g/mol. The third-order valence-corrected chi connectivity index (χ3v) is 5.14. The molecule has 2 aromatic rings. The molecule has 3 rings (SSSR count). The second-order valence-electron chi connectivity index (χ2n) is 5.35. The predicted molar refractivity (Wildman–Crippen MR) is 104 cm³/mol. The molecule has 0 aliphatic carbocycles. The van der Waals surface area contributed by atoms with E-state index >= 15 is 0 Å². The van der Waals surface area contributed by atoms with Gasteiger partial charge in [0, 0.05) is 17.6 Å². The summed E-state index contributed by atoms with van der Waals surface area (Å²) in [6.45, 7) is 0. The molecule has 0 saturated carbocycles. The number of nitro groups is 1. The van der Waals surface area contributed by atoms with Crippen LogP contribution in [0, 0.1) is 10.1 Å². The van der Waals surface area contributed by atoms with E-state index in [4.69, 9.17) is 0 Å². The number of amides is 1. The number of benzene rings is 2. The summed E-state index contributed by atoms with van der Waals surface area (Å²) in [4.78, 5) is 28.9. The number of hydrogen-bond acceptors (Lipinski definition) is 6. The zero-order valence-corrected chi connectivity index (χ0v) is 15.8. The Kier molecular flexibility index (Phi) is 5.10. The van der Waals surface area contributed by atoms with E-state index in [9.17, 15) is 20.0 Å². The number of phenols is 1. The van der Waals surface area contributed by atoms with Gasteiger partial charge in [-0.05, 0) is 53.7 Å². The standard InChI is InChI=1S/C17H12BrN3O4S/c1-20-16(23)15(9-10-2-7-14(22)13(8-10)21(24)25)26-17(20)19-12-5-3-11(18)4-6-12/h2-9,22H,1H3/b15-9-,19-17?. The fourth-order valence-electron chi connectivity index (χ4n) is 2.21. The summed E-state index contributed by atoms with van der Waals surface area (Å²) in [5.74, 6) is -0.668. The number of rotatable bonds is 3. The highest BCUT2D eigenvalue weighted by molar-refractivity contribution is 9.10. The van der Waals surface area contributed by atoms with Crippen LogP contribution < -0.4 is 0 Å². The van der Waals surface area contributed by atoms with Crippen LogP contribution in [0.4, 0.5) is 11.4 Å². The van der Waals surface area contributed by atoms with Crippen molar-refractivity contribution >= 4 is 56.2 Å². The Hall–Kier alpha value is -2.65. The van der Waals surface area contributed by atoms with E-state index in [2.05, 4.69) is 20.9 Å². The highest BCUT2D eigenvalue weighted by Crippen LogP contribution is 2.34. The summed E-state index contributed by atoms with van der Waals surface area (Å²) in [6, 6.07) is 11.3. The zero-order valence-electron chi connectivity index (χ0n) is 13.4. The highest BCUT2D eigenvalue weighted by atomic mass is 79.9. The Balaban J connectivity index is 1.91. The van der Waals surface area contributed by atoms with Crippen molar-refractivity contribution in [1.29, 1.82) is 0 Å². The van der Waals surface area contributed by atoms with Crippen molar-refractivity contribution in [1.82, 2.24) is 4.90 Å². The number of hydrogen-bond donors (Lipinski definition) is 1. The van der Waals surface area contributed by atoms with Crippen molar-refractivity contribution in [3.05, 3.63) is 67.5 Å². The van der Waals surface area contributed by atoms with E-state index in [1.54, 1.807) is 13.1 Å². The molecule has 0 bridgehead atoms. The summed E-state index contributed by atoms with van der Waals surface area (Å²) in [7, 11) is 1.62. The average molecular weight is 434 g/mol. The molecular weight excluding hydrogens is 422 g/mol. The Morgan fingerprint density at radius 3 is 2.62 bits per heavy atom. The number of likely N-dealkylation sites (N-methyl/N-ethyl adjacent to an activating group) is 1. The maximum Gasteiger partial charge on any atom is 0.311 e. The number of aromatic hydroxyl groups is 1. The van der Waals surface area contributed by atoms with Crippen LogP contribution in [0.3, 0.4) is 0 Å². The van der Waals surface area contributed by atoms with Gasteiger partial charge in [-0.25, -0.2) is 4.99 Å². The first kappa shape index (κ1) is 18.2. The van der Waals surface area contributed by atoms with Gasteiger partial charge in [0.2, 0.25) is 0 Å². The molecule has 0 unspecified atom stereocenters. The Labute approximate surface area is 161 Å². The molecule has 7 nitrogen and oxygen atoms in total. The largest absolute Gasteiger partial charge is 0.502 e. The van der Waals surface area contributed by atoms with E-state index in [0.717, 1.165) is 4.47 Å². The molecule has 0 aromatic heterocycles. The number of nitrogens with zero attached hydrogens (tertiary/aromatic N) is 3. The Morgan fingerprint density at radius 2 is 1.96 bits per heavy atom. The van der Waals surface area contributed by atoms with Gasteiger partial charge in [-0.2, -0.15) is 0 Å².